The molecule has 4 heteroatoms. The van der Waals surface area contributed by atoms with Crippen LogP contribution in [0.25, 0.3) is 0 Å². The Morgan fingerprint density at radius 2 is 1.71 bits per heavy atom. The number of nitrogens with two attached hydrogens (primary N) is 1. The number of nitrogens with zero attached hydrogens (tertiary/aromatic N) is 1. The van der Waals surface area contributed by atoms with Gasteiger partial charge in [-0.25, -0.2) is 0 Å². The van der Waals surface area contributed by atoms with E-state index in [9.17, 15) is 4.79 Å². The second-order valence-corrected chi connectivity index (χ2v) is 7.29. The molecule has 1 aliphatic heterocycles. The summed E-state index contributed by atoms with van der Waals surface area (Å²) < 4.78 is 0. The molecule has 0 radical (unpaired) electrons. The van der Waals surface area contributed by atoms with Crippen LogP contribution in [-0.4, -0.2) is 42.5 Å². The predicted octanol–water partition coefficient (Wildman–Crippen LogP) is 1.88. The van der Waals surface area contributed by atoms with Gasteiger partial charge < -0.3 is 16.0 Å². The van der Waals surface area contributed by atoms with Crippen molar-refractivity contribution in [2.75, 3.05) is 19.6 Å². The maximum Gasteiger partial charge on any atom is 0.223 e. The molecule has 0 spiro atoms. The van der Waals surface area contributed by atoms with Gasteiger partial charge in [0.1, 0.15) is 0 Å². The van der Waals surface area contributed by atoms with Gasteiger partial charge in [-0.1, -0.05) is 19.3 Å². The van der Waals surface area contributed by atoms with Crippen molar-refractivity contribution in [1.29, 1.82) is 0 Å². The largest absolute Gasteiger partial charge is 0.353 e. The summed E-state index contributed by atoms with van der Waals surface area (Å²) in [7, 11) is 0. The number of piperidine rings is 1. The first-order valence-electron chi connectivity index (χ1n) is 9.02. The molecule has 0 bridgehead atoms. The fraction of sp³-hybridized carbons (Fsp3) is 0.941. The maximum atomic E-state index is 12.4. The lowest BCUT2D eigenvalue weighted by Gasteiger charge is -2.36. The average Bonchev–Trinajstić information content (AvgIpc) is 3.19. The molecule has 4 nitrogen and oxygen atoms in total. The highest BCUT2D eigenvalue weighted by molar-refractivity contribution is 5.79. The molecule has 2 saturated carbocycles. The van der Waals surface area contributed by atoms with Gasteiger partial charge in [-0.2, -0.15) is 0 Å². The topological polar surface area (TPSA) is 58.4 Å². The van der Waals surface area contributed by atoms with Crippen LogP contribution in [0, 0.1) is 11.8 Å². The van der Waals surface area contributed by atoms with Crippen molar-refractivity contribution in [3.8, 4) is 0 Å². The molecule has 0 aromatic rings. The summed E-state index contributed by atoms with van der Waals surface area (Å²) in [5.41, 5.74) is 5.80. The van der Waals surface area contributed by atoms with E-state index >= 15 is 0 Å². The van der Waals surface area contributed by atoms with Crippen LogP contribution in [0.5, 0.6) is 0 Å². The maximum absolute atomic E-state index is 12.4. The van der Waals surface area contributed by atoms with Gasteiger partial charge in [0.15, 0.2) is 0 Å². The van der Waals surface area contributed by atoms with Crippen molar-refractivity contribution in [3.63, 3.8) is 0 Å². The van der Waals surface area contributed by atoms with Gasteiger partial charge >= 0.3 is 0 Å². The van der Waals surface area contributed by atoms with Crippen LogP contribution < -0.4 is 11.1 Å². The second kappa shape index (κ2) is 7.10. The quantitative estimate of drug-likeness (QED) is 0.832. The van der Waals surface area contributed by atoms with Crippen molar-refractivity contribution >= 4 is 5.91 Å². The van der Waals surface area contributed by atoms with Gasteiger partial charge in [0.25, 0.3) is 0 Å². The molecule has 1 amide bonds. The van der Waals surface area contributed by atoms with Crippen LogP contribution in [0.3, 0.4) is 0 Å². The Hall–Kier alpha value is -0.610. The van der Waals surface area contributed by atoms with Crippen LogP contribution in [0.2, 0.25) is 0 Å². The number of carbonyl (C=O) groups excluding carboxylic acids is 1. The first-order valence-corrected chi connectivity index (χ1v) is 9.02. The standard InChI is InChI=1S/C17H31N3O/c18-12-13-4-3-7-16(13)17(21)19-14-8-10-20(11-9-14)15-5-1-2-6-15/h13-16H,1-12,18H2,(H,19,21)/t13-,16-/m1/s1. The molecular weight excluding hydrogens is 262 g/mol. The minimum Gasteiger partial charge on any atom is -0.353 e. The van der Waals surface area contributed by atoms with Gasteiger partial charge in [0, 0.05) is 31.1 Å². The number of carbonyl (C=O) groups is 1. The summed E-state index contributed by atoms with van der Waals surface area (Å²) in [6.45, 7) is 3.00. The number of amides is 1. The zero-order valence-electron chi connectivity index (χ0n) is 13.2. The highest BCUT2D eigenvalue weighted by Crippen LogP contribution is 2.31. The molecule has 120 valence electrons. The van der Waals surface area contributed by atoms with Gasteiger partial charge in [0.05, 0.1) is 0 Å². The molecule has 3 rings (SSSR count). The minimum absolute atomic E-state index is 0.183. The van der Waals surface area contributed by atoms with Gasteiger partial charge in [-0.15, -0.1) is 0 Å². The molecule has 0 aromatic heterocycles. The fourth-order valence-electron chi connectivity index (χ4n) is 4.65. The third-order valence-electron chi connectivity index (χ3n) is 6.02. The van der Waals surface area contributed by atoms with Crippen LogP contribution >= 0.6 is 0 Å². The van der Waals surface area contributed by atoms with Crippen molar-refractivity contribution in [1.82, 2.24) is 10.2 Å². The molecule has 2 aliphatic carbocycles. The number of rotatable bonds is 4. The Balaban J connectivity index is 1.43. The van der Waals surface area contributed by atoms with E-state index < -0.39 is 0 Å². The summed E-state index contributed by atoms with van der Waals surface area (Å²) in [5, 5.41) is 3.32. The van der Waals surface area contributed by atoms with Crippen molar-refractivity contribution in [3.05, 3.63) is 0 Å². The summed E-state index contributed by atoms with van der Waals surface area (Å²) in [6.07, 6.45) is 11.2. The lowest BCUT2D eigenvalue weighted by molar-refractivity contribution is -0.127. The van der Waals surface area contributed by atoms with Crippen LogP contribution in [0.15, 0.2) is 0 Å². The Kier molecular flexibility index (Phi) is 5.17. The molecule has 21 heavy (non-hydrogen) atoms. The highest BCUT2D eigenvalue weighted by atomic mass is 16.2. The van der Waals surface area contributed by atoms with Gasteiger partial charge in [-0.3, -0.25) is 4.79 Å². The molecule has 0 aromatic carbocycles. The molecule has 3 aliphatic rings. The van der Waals surface area contributed by atoms with Crippen LogP contribution in [0.1, 0.15) is 57.8 Å². The Morgan fingerprint density at radius 3 is 2.38 bits per heavy atom. The molecule has 3 fully saturated rings. The number of hydrogen-bond donors (Lipinski definition) is 2. The Labute approximate surface area is 128 Å². The summed E-state index contributed by atoms with van der Waals surface area (Å²) in [4.78, 5) is 15.1. The SMILES string of the molecule is NC[C@H]1CCC[C@H]1C(=O)NC1CCN(C2CCCC2)CC1. The third kappa shape index (κ3) is 3.59. The van der Waals surface area contributed by atoms with E-state index in [1.165, 1.54) is 45.2 Å². The Bertz CT molecular complexity index is 346. The lowest BCUT2D eigenvalue weighted by atomic mass is 9.94. The first-order chi connectivity index (χ1) is 10.3. The van der Waals surface area contributed by atoms with Crippen molar-refractivity contribution < 1.29 is 4.79 Å². The smallest absolute Gasteiger partial charge is 0.223 e. The van der Waals surface area contributed by atoms with Crippen LogP contribution in [0.4, 0.5) is 0 Å². The zero-order chi connectivity index (χ0) is 14.7. The van der Waals surface area contributed by atoms with E-state index in [-0.39, 0.29) is 11.8 Å². The van der Waals surface area contributed by atoms with Gasteiger partial charge in [0.2, 0.25) is 5.91 Å². The molecule has 1 saturated heterocycles. The number of nitrogens with one attached hydrogen (secondary N) is 1. The summed E-state index contributed by atoms with van der Waals surface area (Å²) in [5.74, 6) is 0.883. The molecule has 1 heterocycles. The fourth-order valence-corrected chi connectivity index (χ4v) is 4.65. The highest BCUT2D eigenvalue weighted by Gasteiger charge is 2.34. The first kappa shape index (κ1) is 15.3. The second-order valence-electron chi connectivity index (χ2n) is 7.29. The van der Waals surface area contributed by atoms with E-state index in [0.717, 1.165) is 31.7 Å². The zero-order valence-corrected chi connectivity index (χ0v) is 13.2. The van der Waals surface area contributed by atoms with E-state index in [1.807, 2.05) is 0 Å². The number of hydrogen-bond acceptors (Lipinski definition) is 3. The van der Waals surface area contributed by atoms with E-state index in [1.54, 1.807) is 0 Å². The molecule has 3 N–H and O–H groups in total. The predicted molar refractivity (Wildman–Crippen MR) is 84.9 cm³/mol. The average molecular weight is 293 g/mol. The monoisotopic (exact) mass is 293 g/mol. The van der Waals surface area contributed by atoms with Crippen molar-refractivity contribution in [2.24, 2.45) is 17.6 Å². The Morgan fingerprint density at radius 1 is 1.00 bits per heavy atom. The molecule has 2 atom stereocenters. The third-order valence-corrected chi connectivity index (χ3v) is 6.02. The summed E-state index contributed by atoms with van der Waals surface area (Å²) in [6, 6.07) is 1.23. The van der Waals surface area contributed by atoms with Crippen molar-refractivity contribution in [2.45, 2.75) is 69.9 Å². The minimum atomic E-state index is 0.183. The molecule has 0 unspecified atom stereocenters. The van der Waals surface area contributed by atoms with Crippen LogP contribution in [-0.2, 0) is 4.79 Å². The molecular formula is C17H31N3O. The normalized spacial score (nSPS) is 32.6. The van der Waals surface area contributed by atoms with E-state index in [2.05, 4.69) is 10.2 Å². The lowest BCUT2D eigenvalue weighted by Crippen LogP contribution is -2.49. The van der Waals surface area contributed by atoms with Gasteiger partial charge in [-0.05, 0) is 51.0 Å². The summed E-state index contributed by atoms with van der Waals surface area (Å²) >= 11 is 0. The van der Waals surface area contributed by atoms with E-state index in [0.29, 0.717) is 18.5 Å². The van der Waals surface area contributed by atoms with E-state index in [4.69, 9.17) is 5.73 Å². The number of likely N-dealkylation sites (tertiary alicyclic amines) is 1.